The fraction of sp³-hybridized carbons (Fsp3) is 0.900. The van der Waals surface area contributed by atoms with Crippen LogP contribution in [0.15, 0.2) is 0 Å². The molecule has 102 valence electrons. The van der Waals surface area contributed by atoms with Gasteiger partial charge in [0.2, 0.25) is 0 Å². The number of halogens is 3. The van der Waals surface area contributed by atoms with Crippen LogP contribution in [0.3, 0.4) is 0 Å². The molecule has 0 bridgehead atoms. The minimum Gasteiger partial charge on any atom is -0.457 e. The van der Waals surface area contributed by atoms with Crippen molar-refractivity contribution in [3.8, 4) is 0 Å². The van der Waals surface area contributed by atoms with Crippen LogP contribution in [0, 0.1) is 0 Å². The van der Waals surface area contributed by atoms with Crippen molar-refractivity contribution in [2.24, 2.45) is 0 Å². The molecule has 0 radical (unpaired) electrons. The molecule has 7 heteroatoms. The lowest BCUT2D eigenvalue weighted by Crippen LogP contribution is -2.27. The largest absolute Gasteiger partial charge is 0.490 e. The standard InChI is InChI=1S/C10H18F3NO3/c1-2-3-4-14-5-6-16-7-8-17-9(15)10(11,12)13/h14H,2-8H2,1H3. The van der Waals surface area contributed by atoms with Crippen molar-refractivity contribution in [2.75, 3.05) is 32.9 Å². The lowest BCUT2D eigenvalue weighted by Gasteiger charge is -2.08. The number of hydrogen-bond donors (Lipinski definition) is 1. The van der Waals surface area contributed by atoms with Crippen LogP contribution in [0.25, 0.3) is 0 Å². The Hall–Kier alpha value is -0.820. The van der Waals surface area contributed by atoms with E-state index in [0.29, 0.717) is 13.2 Å². The van der Waals surface area contributed by atoms with Gasteiger partial charge in [0, 0.05) is 6.54 Å². The summed E-state index contributed by atoms with van der Waals surface area (Å²) in [6, 6.07) is 0. The van der Waals surface area contributed by atoms with E-state index in [4.69, 9.17) is 4.74 Å². The topological polar surface area (TPSA) is 47.6 Å². The van der Waals surface area contributed by atoms with E-state index in [1.807, 2.05) is 0 Å². The molecule has 0 unspecified atom stereocenters. The predicted molar refractivity (Wildman–Crippen MR) is 55.6 cm³/mol. The van der Waals surface area contributed by atoms with Crippen LogP contribution in [0.2, 0.25) is 0 Å². The molecular formula is C10H18F3NO3. The van der Waals surface area contributed by atoms with Gasteiger partial charge in [0.1, 0.15) is 6.61 Å². The Morgan fingerprint density at radius 3 is 2.47 bits per heavy atom. The molecule has 0 aromatic heterocycles. The van der Waals surface area contributed by atoms with Crippen LogP contribution in [0.5, 0.6) is 0 Å². The first-order valence-electron chi connectivity index (χ1n) is 5.51. The Bertz CT molecular complexity index is 209. The minimum atomic E-state index is -4.93. The van der Waals surface area contributed by atoms with Crippen molar-refractivity contribution in [3.05, 3.63) is 0 Å². The monoisotopic (exact) mass is 257 g/mol. The zero-order chi connectivity index (χ0) is 13.1. The summed E-state index contributed by atoms with van der Waals surface area (Å²) in [6.45, 7) is 3.57. The molecule has 0 aliphatic carbocycles. The Balaban J connectivity index is 3.22. The molecule has 0 aromatic rings. The lowest BCUT2D eigenvalue weighted by atomic mass is 10.3. The third-order valence-electron chi connectivity index (χ3n) is 1.82. The second kappa shape index (κ2) is 9.23. The molecule has 0 atom stereocenters. The van der Waals surface area contributed by atoms with Crippen molar-refractivity contribution in [1.82, 2.24) is 5.32 Å². The molecule has 0 aliphatic rings. The van der Waals surface area contributed by atoms with Gasteiger partial charge < -0.3 is 14.8 Å². The number of nitrogens with one attached hydrogen (secondary N) is 1. The smallest absolute Gasteiger partial charge is 0.457 e. The van der Waals surface area contributed by atoms with Crippen LogP contribution in [-0.4, -0.2) is 45.1 Å². The number of carbonyl (C=O) groups is 1. The first kappa shape index (κ1) is 16.2. The second-order valence-electron chi connectivity index (χ2n) is 3.35. The molecule has 0 aromatic carbocycles. The number of unbranched alkanes of at least 4 members (excludes halogenated alkanes) is 1. The molecule has 1 N–H and O–H groups in total. The highest BCUT2D eigenvalue weighted by molar-refractivity contribution is 5.75. The van der Waals surface area contributed by atoms with Crippen molar-refractivity contribution < 1.29 is 27.4 Å². The first-order chi connectivity index (χ1) is 7.98. The van der Waals surface area contributed by atoms with Gasteiger partial charge in [-0.05, 0) is 13.0 Å². The molecule has 0 fully saturated rings. The maximum atomic E-state index is 11.7. The van der Waals surface area contributed by atoms with Crippen LogP contribution in [-0.2, 0) is 14.3 Å². The molecule has 17 heavy (non-hydrogen) atoms. The quantitative estimate of drug-likeness (QED) is 0.502. The number of esters is 1. The number of ether oxygens (including phenoxy) is 2. The van der Waals surface area contributed by atoms with Crippen molar-refractivity contribution in [2.45, 2.75) is 25.9 Å². The average molecular weight is 257 g/mol. The molecule has 0 rings (SSSR count). The van der Waals surface area contributed by atoms with E-state index in [0.717, 1.165) is 19.4 Å². The predicted octanol–water partition coefficient (Wildman–Crippen LogP) is 1.50. The van der Waals surface area contributed by atoms with Gasteiger partial charge in [-0.2, -0.15) is 13.2 Å². The fourth-order valence-electron chi connectivity index (χ4n) is 0.948. The van der Waals surface area contributed by atoms with E-state index in [9.17, 15) is 18.0 Å². The van der Waals surface area contributed by atoms with Crippen molar-refractivity contribution >= 4 is 5.97 Å². The number of carbonyl (C=O) groups excluding carboxylic acids is 1. The minimum absolute atomic E-state index is 0.0305. The summed E-state index contributed by atoms with van der Waals surface area (Å²) < 4.78 is 43.9. The van der Waals surface area contributed by atoms with Gasteiger partial charge in [0.05, 0.1) is 13.2 Å². The molecule has 0 saturated carbocycles. The van der Waals surface area contributed by atoms with E-state index in [-0.39, 0.29) is 13.2 Å². The molecule has 0 aliphatic heterocycles. The Morgan fingerprint density at radius 1 is 1.18 bits per heavy atom. The second-order valence-corrected chi connectivity index (χ2v) is 3.35. The fourth-order valence-corrected chi connectivity index (χ4v) is 0.948. The highest BCUT2D eigenvalue weighted by Crippen LogP contribution is 2.15. The van der Waals surface area contributed by atoms with Crippen LogP contribution < -0.4 is 5.32 Å². The summed E-state index contributed by atoms with van der Waals surface area (Å²) in [5.74, 6) is -2.18. The van der Waals surface area contributed by atoms with Crippen molar-refractivity contribution in [1.29, 1.82) is 0 Å². The van der Waals surface area contributed by atoms with Crippen LogP contribution in [0.1, 0.15) is 19.8 Å². The maximum Gasteiger partial charge on any atom is 0.490 e. The number of hydrogen-bond acceptors (Lipinski definition) is 4. The van der Waals surface area contributed by atoms with Gasteiger partial charge in [-0.1, -0.05) is 13.3 Å². The number of rotatable bonds is 9. The third kappa shape index (κ3) is 10.1. The summed E-state index contributed by atoms with van der Waals surface area (Å²) in [5.41, 5.74) is 0. The van der Waals surface area contributed by atoms with Gasteiger partial charge >= 0.3 is 12.1 Å². The van der Waals surface area contributed by atoms with Gasteiger partial charge in [-0.15, -0.1) is 0 Å². The average Bonchev–Trinajstić information content (AvgIpc) is 2.25. The summed E-state index contributed by atoms with van der Waals surface area (Å²) >= 11 is 0. The summed E-state index contributed by atoms with van der Waals surface area (Å²) in [5, 5.41) is 3.10. The Labute approximate surface area is 98.5 Å². The molecule has 0 amide bonds. The molecule has 0 spiro atoms. The lowest BCUT2D eigenvalue weighted by molar-refractivity contribution is -0.200. The molecule has 0 heterocycles. The van der Waals surface area contributed by atoms with Gasteiger partial charge in [-0.25, -0.2) is 4.79 Å². The maximum absolute atomic E-state index is 11.7. The molecule has 0 saturated heterocycles. The van der Waals surface area contributed by atoms with Gasteiger partial charge in [0.25, 0.3) is 0 Å². The van der Waals surface area contributed by atoms with Crippen LogP contribution in [0.4, 0.5) is 13.2 Å². The molecule has 4 nitrogen and oxygen atoms in total. The first-order valence-corrected chi connectivity index (χ1v) is 5.51. The number of alkyl halides is 3. The van der Waals surface area contributed by atoms with E-state index in [2.05, 4.69) is 17.0 Å². The Kier molecular flexibility index (Phi) is 8.79. The van der Waals surface area contributed by atoms with Gasteiger partial charge in [0.15, 0.2) is 0 Å². The van der Waals surface area contributed by atoms with Crippen LogP contribution >= 0.6 is 0 Å². The molecular weight excluding hydrogens is 239 g/mol. The summed E-state index contributed by atoms with van der Waals surface area (Å²) in [4.78, 5) is 10.3. The van der Waals surface area contributed by atoms with E-state index in [1.54, 1.807) is 0 Å². The zero-order valence-electron chi connectivity index (χ0n) is 9.81. The van der Waals surface area contributed by atoms with E-state index < -0.39 is 12.1 Å². The third-order valence-corrected chi connectivity index (χ3v) is 1.82. The summed E-state index contributed by atoms with van der Waals surface area (Å²) in [7, 11) is 0. The van der Waals surface area contributed by atoms with E-state index >= 15 is 0 Å². The van der Waals surface area contributed by atoms with Gasteiger partial charge in [-0.3, -0.25) is 0 Å². The zero-order valence-corrected chi connectivity index (χ0v) is 9.81. The Morgan fingerprint density at radius 2 is 1.88 bits per heavy atom. The van der Waals surface area contributed by atoms with Crippen molar-refractivity contribution in [3.63, 3.8) is 0 Å². The van der Waals surface area contributed by atoms with E-state index in [1.165, 1.54) is 0 Å². The SMILES string of the molecule is CCCCNCCOCCOC(=O)C(F)(F)F. The highest BCUT2D eigenvalue weighted by Gasteiger charge is 2.40. The highest BCUT2D eigenvalue weighted by atomic mass is 19.4. The normalized spacial score (nSPS) is 11.5. The summed E-state index contributed by atoms with van der Waals surface area (Å²) in [6.07, 6.45) is -2.76.